The molecule has 0 saturated heterocycles. The quantitative estimate of drug-likeness (QED) is 0.719. The van der Waals surface area contributed by atoms with Gasteiger partial charge in [0, 0.05) is 0 Å². The molecule has 1 aromatic carbocycles. The molecule has 0 atom stereocenters. The first-order chi connectivity index (χ1) is 7.68. The Labute approximate surface area is 97.3 Å². The molecule has 0 unspecified atom stereocenters. The van der Waals surface area contributed by atoms with Crippen LogP contribution in [0.4, 0.5) is 0 Å². The largest absolute Gasteiger partial charge is 0.361 e. The fourth-order valence-electron chi connectivity index (χ4n) is 1.59. The standard InChI is InChI=1S/C12H19O3P/c1-4-11-9-7-8-10-12(11)16(13,14-5-2)15-6-3/h7-10H,4-6H2,1-3H3. The van der Waals surface area contributed by atoms with Crippen molar-refractivity contribution in [2.75, 3.05) is 13.2 Å². The van der Waals surface area contributed by atoms with Gasteiger partial charge in [0.1, 0.15) is 0 Å². The van der Waals surface area contributed by atoms with Crippen molar-refractivity contribution in [3.63, 3.8) is 0 Å². The van der Waals surface area contributed by atoms with Gasteiger partial charge >= 0.3 is 7.60 Å². The minimum atomic E-state index is -3.13. The van der Waals surface area contributed by atoms with E-state index >= 15 is 0 Å². The zero-order chi connectivity index (χ0) is 12.0. The molecule has 1 rings (SSSR count). The monoisotopic (exact) mass is 242 g/mol. The zero-order valence-electron chi connectivity index (χ0n) is 10.1. The van der Waals surface area contributed by atoms with E-state index in [9.17, 15) is 4.57 Å². The van der Waals surface area contributed by atoms with Crippen molar-refractivity contribution in [2.24, 2.45) is 0 Å². The lowest BCUT2D eigenvalue weighted by atomic mass is 10.2. The van der Waals surface area contributed by atoms with Crippen LogP contribution in [0.1, 0.15) is 26.3 Å². The first-order valence-electron chi connectivity index (χ1n) is 5.65. The first kappa shape index (κ1) is 13.4. The summed E-state index contributed by atoms with van der Waals surface area (Å²) in [5.74, 6) is 0. The van der Waals surface area contributed by atoms with E-state index in [1.165, 1.54) is 0 Å². The van der Waals surface area contributed by atoms with Crippen LogP contribution in [0.25, 0.3) is 0 Å². The van der Waals surface area contributed by atoms with Gasteiger partial charge in [0.2, 0.25) is 0 Å². The Hall–Kier alpha value is -0.630. The summed E-state index contributed by atoms with van der Waals surface area (Å²) in [4.78, 5) is 0. The maximum Gasteiger partial charge on any atom is 0.361 e. The normalized spacial score (nSPS) is 11.7. The summed E-state index contributed by atoms with van der Waals surface area (Å²) >= 11 is 0. The van der Waals surface area contributed by atoms with Gasteiger partial charge in [-0.2, -0.15) is 0 Å². The fourth-order valence-corrected chi connectivity index (χ4v) is 3.48. The first-order valence-corrected chi connectivity index (χ1v) is 7.19. The fraction of sp³-hybridized carbons (Fsp3) is 0.500. The zero-order valence-corrected chi connectivity index (χ0v) is 11.0. The van der Waals surface area contributed by atoms with Crippen molar-refractivity contribution in [2.45, 2.75) is 27.2 Å². The van der Waals surface area contributed by atoms with Gasteiger partial charge in [0.25, 0.3) is 0 Å². The highest BCUT2D eigenvalue weighted by Gasteiger charge is 2.28. The van der Waals surface area contributed by atoms with E-state index in [0.29, 0.717) is 18.5 Å². The van der Waals surface area contributed by atoms with E-state index in [1.807, 2.05) is 45.0 Å². The Kier molecular flexibility index (Phi) is 5.20. The molecule has 0 bridgehead atoms. The molecule has 0 heterocycles. The summed E-state index contributed by atoms with van der Waals surface area (Å²) < 4.78 is 23.2. The molecular formula is C12H19O3P. The average molecular weight is 242 g/mol. The van der Waals surface area contributed by atoms with Gasteiger partial charge in [-0.1, -0.05) is 25.1 Å². The van der Waals surface area contributed by atoms with Crippen LogP contribution in [0.3, 0.4) is 0 Å². The van der Waals surface area contributed by atoms with Gasteiger partial charge in [-0.05, 0) is 31.9 Å². The van der Waals surface area contributed by atoms with E-state index in [1.54, 1.807) is 0 Å². The third-order valence-electron chi connectivity index (χ3n) is 2.27. The topological polar surface area (TPSA) is 35.5 Å². The lowest BCUT2D eigenvalue weighted by molar-refractivity contribution is 0.229. The summed E-state index contributed by atoms with van der Waals surface area (Å²) in [6.45, 7) is 6.44. The molecule has 0 aliphatic carbocycles. The highest BCUT2D eigenvalue weighted by Crippen LogP contribution is 2.47. The SMILES string of the molecule is CCOP(=O)(OCC)c1ccccc1CC. The molecule has 16 heavy (non-hydrogen) atoms. The summed E-state index contributed by atoms with van der Waals surface area (Å²) in [6, 6.07) is 7.58. The molecule has 1 aromatic rings. The highest BCUT2D eigenvalue weighted by atomic mass is 31.2. The Morgan fingerprint density at radius 3 is 2.12 bits per heavy atom. The van der Waals surface area contributed by atoms with E-state index in [-0.39, 0.29) is 0 Å². The van der Waals surface area contributed by atoms with Crippen LogP contribution in [-0.2, 0) is 20.0 Å². The van der Waals surface area contributed by atoms with Crippen LogP contribution in [-0.4, -0.2) is 13.2 Å². The molecule has 0 spiro atoms. The average Bonchev–Trinajstić information content (AvgIpc) is 2.29. The van der Waals surface area contributed by atoms with Crippen LogP contribution >= 0.6 is 7.60 Å². The minimum Gasteiger partial charge on any atom is -0.305 e. The molecule has 90 valence electrons. The number of rotatable bonds is 6. The van der Waals surface area contributed by atoms with Gasteiger partial charge in [-0.3, -0.25) is 4.57 Å². The van der Waals surface area contributed by atoms with E-state index in [2.05, 4.69) is 0 Å². The minimum absolute atomic E-state index is 0.384. The Morgan fingerprint density at radius 1 is 1.06 bits per heavy atom. The van der Waals surface area contributed by atoms with Crippen molar-refractivity contribution in [3.05, 3.63) is 29.8 Å². The molecule has 0 aliphatic heterocycles. The molecule has 0 radical (unpaired) electrons. The number of hydrogen-bond acceptors (Lipinski definition) is 3. The second-order valence-electron chi connectivity index (χ2n) is 3.32. The number of hydrogen-bond donors (Lipinski definition) is 0. The van der Waals surface area contributed by atoms with Crippen molar-refractivity contribution >= 4 is 12.9 Å². The molecule has 0 fully saturated rings. The van der Waals surface area contributed by atoms with Crippen LogP contribution < -0.4 is 5.30 Å². The van der Waals surface area contributed by atoms with Crippen LogP contribution in [0.15, 0.2) is 24.3 Å². The van der Waals surface area contributed by atoms with Crippen LogP contribution in [0.5, 0.6) is 0 Å². The summed E-state index contributed by atoms with van der Waals surface area (Å²) in [7, 11) is -3.13. The molecule has 0 aliphatic rings. The second kappa shape index (κ2) is 6.19. The number of aryl methyl sites for hydroxylation is 1. The Bertz CT molecular complexity index is 366. The predicted octanol–water partition coefficient (Wildman–Crippen LogP) is 3.14. The summed E-state index contributed by atoms with van der Waals surface area (Å²) in [5.41, 5.74) is 1.02. The highest BCUT2D eigenvalue weighted by molar-refractivity contribution is 7.62. The second-order valence-corrected chi connectivity index (χ2v) is 5.31. The molecule has 0 aromatic heterocycles. The van der Waals surface area contributed by atoms with E-state index < -0.39 is 7.60 Å². The van der Waals surface area contributed by atoms with Gasteiger partial charge < -0.3 is 9.05 Å². The maximum absolute atomic E-state index is 12.6. The smallest absolute Gasteiger partial charge is 0.305 e. The molecule has 0 N–H and O–H groups in total. The Morgan fingerprint density at radius 2 is 1.62 bits per heavy atom. The van der Waals surface area contributed by atoms with Crippen LogP contribution in [0.2, 0.25) is 0 Å². The van der Waals surface area contributed by atoms with Crippen molar-refractivity contribution in [1.29, 1.82) is 0 Å². The summed E-state index contributed by atoms with van der Waals surface area (Å²) in [6.07, 6.45) is 0.820. The maximum atomic E-state index is 12.6. The van der Waals surface area contributed by atoms with Gasteiger partial charge in [-0.25, -0.2) is 0 Å². The lowest BCUT2D eigenvalue weighted by Gasteiger charge is -2.19. The lowest BCUT2D eigenvalue weighted by Crippen LogP contribution is -2.15. The van der Waals surface area contributed by atoms with E-state index in [0.717, 1.165) is 12.0 Å². The third kappa shape index (κ3) is 2.94. The summed E-state index contributed by atoms with van der Waals surface area (Å²) in [5, 5.41) is 0.696. The van der Waals surface area contributed by atoms with E-state index in [4.69, 9.17) is 9.05 Å². The van der Waals surface area contributed by atoms with Crippen molar-refractivity contribution in [1.82, 2.24) is 0 Å². The number of benzene rings is 1. The molecule has 0 saturated carbocycles. The van der Waals surface area contributed by atoms with Crippen molar-refractivity contribution in [3.8, 4) is 0 Å². The predicted molar refractivity (Wildman–Crippen MR) is 66.3 cm³/mol. The van der Waals surface area contributed by atoms with Crippen LogP contribution in [0, 0.1) is 0 Å². The van der Waals surface area contributed by atoms with Crippen molar-refractivity contribution < 1.29 is 13.6 Å². The third-order valence-corrected chi connectivity index (χ3v) is 4.49. The molecule has 4 heteroatoms. The van der Waals surface area contributed by atoms with Gasteiger partial charge in [0.15, 0.2) is 0 Å². The molecular weight excluding hydrogens is 223 g/mol. The van der Waals surface area contributed by atoms with Gasteiger partial charge in [-0.15, -0.1) is 0 Å². The Balaban J connectivity index is 3.15. The van der Waals surface area contributed by atoms with Gasteiger partial charge in [0.05, 0.1) is 18.5 Å². The molecule has 3 nitrogen and oxygen atoms in total. The molecule has 0 amide bonds.